The number of hydrogen-bond acceptors (Lipinski definition) is 4. The maximum atomic E-state index is 12.6. The fourth-order valence-corrected chi connectivity index (χ4v) is 3.76. The van der Waals surface area contributed by atoms with Crippen molar-refractivity contribution in [2.75, 3.05) is 32.8 Å². The highest BCUT2D eigenvalue weighted by Gasteiger charge is 2.35. The number of fused-ring (bicyclic) bond motifs is 1. The summed E-state index contributed by atoms with van der Waals surface area (Å²) < 4.78 is 7.49. The van der Waals surface area contributed by atoms with Gasteiger partial charge in [0.15, 0.2) is 0 Å². The average molecular weight is 304 g/mol. The first-order chi connectivity index (χ1) is 10.7. The van der Waals surface area contributed by atoms with Crippen molar-refractivity contribution in [3.8, 4) is 0 Å². The molecule has 0 unspecified atom stereocenters. The molecule has 3 heterocycles. The molecule has 6 heteroatoms. The van der Waals surface area contributed by atoms with Gasteiger partial charge >= 0.3 is 0 Å². The largest absolute Gasteiger partial charge is 0.378 e. The molecule has 1 saturated heterocycles. The SMILES string of the molecule is C[C@H]1c2nc(C(=O)N3CCOCC3)cn2CCN1C1CCC1. The van der Waals surface area contributed by atoms with Gasteiger partial charge in [-0.05, 0) is 19.8 Å². The number of aromatic nitrogens is 2. The van der Waals surface area contributed by atoms with Crippen molar-refractivity contribution >= 4 is 5.91 Å². The lowest BCUT2D eigenvalue weighted by atomic mass is 9.90. The zero-order chi connectivity index (χ0) is 15.1. The third-order valence-electron chi connectivity index (χ3n) is 5.34. The van der Waals surface area contributed by atoms with Crippen LogP contribution in [0.5, 0.6) is 0 Å². The summed E-state index contributed by atoms with van der Waals surface area (Å²) >= 11 is 0. The van der Waals surface area contributed by atoms with Gasteiger partial charge in [-0.1, -0.05) is 6.42 Å². The molecule has 22 heavy (non-hydrogen) atoms. The molecule has 0 radical (unpaired) electrons. The lowest BCUT2D eigenvalue weighted by Gasteiger charge is -2.43. The van der Waals surface area contributed by atoms with Gasteiger partial charge in [-0.25, -0.2) is 4.98 Å². The van der Waals surface area contributed by atoms with Crippen LogP contribution < -0.4 is 0 Å². The number of nitrogens with zero attached hydrogens (tertiary/aromatic N) is 4. The highest BCUT2D eigenvalue weighted by molar-refractivity contribution is 5.92. The Hall–Kier alpha value is -1.40. The molecule has 1 amide bonds. The molecule has 1 aliphatic carbocycles. The van der Waals surface area contributed by atoms with E-state index in [4.69, 9.17) is 4.74 Å². The number of rotatable bonds is 2. The first kappa shape index (κ1) is 14.2. The summed E-state index contributed by atoms with van der Waals surface area (Å²) in [6.07, 6.45) is 5.92. The standard InChI is InChI=1S/C16H24N4O2/c1-12-15-17-14(16(21)18-7-9-22-10-8-18)11-19(15)5-6-20(12)13-3-2-4-13/h11-13H,2-10H2,1H3/t12-/m0/s1. The van der Waals surface area contributed by atoms with Gasteiger partial charge in [-0.3, -0.25) is 9.69 Å². The van der Waals surface area contributed by atoms with Gasteiger partial charge in [0.2, 0.25) is 0 Å². The van der Waals surface area contributed by atoms with Crippen LogP contribution in [0.2, 0.25) is 0 Å². The molecular weight excluding hydrogens is 280 g/mol. The van der Waals surface area contributed by atoms with Crippen LogP contribution in [0.3, 0.4) is 0 Å². The molecule has 2 fully saturated rings. The fourth-order valence-electron chi connectivity index (χ4n) is 3.76. The van der Waals surface area contributed by atoms with E-state index in [1.807, 2.05) is 11.1 Å². The Morgan fingerprint density at radius 2 is 2.00 bits per heavy atom. The Morgan fingerprint density at radius 3 is 2.68 bits per heavy atom. The second-order valence-electron chi connectivity index (χ2n) is 6.58. The lowest BCUT2D eigenvalue weighted by Crippen LogP contribution is -2.46. The molecule has 0 spiro atoms. The van der Waals surface area contributed by atoms with Crippen LogP contribution >= 0.6 is 0 Å². The number of morpholine rings is 1. The number of carbonyl (C=O) groups is 1. The predicted octanol–water partition coefficient (Wildman–Crippen LogP) is 1.28. The molecular formula is C16H24N4O2. The Bertz CT molecular complexity index is 560. The van der Waals surface area contributed by atoms with Crippen molar-refractivity contribution in [1.82, 2.24) is 19.4 Å². The maximum Gasteiger partial charge on any atom is 0.274 e. The minimum absolute atomic E-state index is 0.0487. The third-order valence-corrected chi connectivity index (χ3v) is 5.34. The predicted molar refractivity (Wildman–Crippen MR) is 81.7 cm³/mol. The van der Waals surface area contributed by atoms with Gasteiger partial charge in [-0.2, -0.15) is 0 Å². The van der Waals surface area contributed by atoms with Crippen molar-refractivity contribution < 1.29 is 9.53 Å². The van der Waals surface area contributed by atoms with Crippen molar-refractivity contribution in [3.63, 3.8) is 0 Å². The summed E-state index contributed by atoms with van der Waals surface area (Å²) in [6, 6.07) is 1.03. The van der Waals surface area contributed by atoms with E-state index < -0.39 is 0 Å². The van der Waals surface area contributed by atoms with E-state index in [0.29, 0.717) is 38.0 Å². The Labute approximate surface area is 131 Å². The van der Waals surface area contributed by atoms with E-state index in [2.05, 4.69) is 21.4 Å². The zero-order valence-electron chi connectivity index (χ0n) is 13.2. The molecule has 0 bridgehead atoms. The number of imidazole rings is 1. The summed E-state index contributed by atoms with van der Waals surface area (Å²) in [5, 5.41) is 0. The molecule has 1 aromatic heterocycles. The van der Waals surface area contributed by atoms with Crippen molar-refractivity contribution in [2.24, 2.45) is 0 Å². The number of hydrogen-bond donors (Lipinski definition) is 0. The molecule has 2 aliphatic heterocycles. The molecule has 0 N–H and O–H groups in total. The Morgan fingerprint density at radius 1 is 1.23 bits per heavy atom. The van der Waals surface area contributed by atoms with Crippen molar-refractivity contribution in [2.45, 2.75) is 44.8 Å². The average Bonchev–Trinajstić information content (AvgIpc) is 2.93. The summed E-state index contributed by atoms with van der Waals surface area (Å²) in [5.74, 6) is 1.10. The second kappa shape index (κ2) is 5.66. The van der Waals surface area contributed by atoms with Crippen LogP contribution in [0.15, 0.2) is 6.20 Å². The van der Waals surface area contributed by atoms with Crippen LogP contribution in [0, 0.1) is 0 Å². The summed E-state index contributed by atoms with van der Waals surface area (Å²) in [7, 11) is 0. The molecule has 4 rings (SSSR count). The quantitative estimate of drug-likeness (QED) is 0.826. The number of ether oxygens (including phenoxy) is 1. The first-order valence-corrected chi connectivity index (χ1v) is 8.44. The first-order valence-electron chi connectivity index (χ1n) is 8.44. The van der Waals surface area contributed by atoms with Crippen LogP contribution in [0.1, 0.15) is 48.5 Å². The van der Waals surface area contributed by atoms with E-state index in [9.17, 15) is 4.79 Å². The van der Waals surface area contributed by atoms with Crippen LogP contribution in [0.25, 0.3) is 0 Å². The van der Waals surface area contributed by atoms with E-state index in [1.54, 1.807) is 0 Å². The number of amides is 1. The zero-order valence-corrected chi connectivity index (χ0v) is 13.2. The normalized spacial score (nSPS) is 26.6. The van der Waals surface area contributed by atoms with Crippen LogP contribution in [-0.4, -0.2) is 64.1 Å². The van der Waals surface area contributed by atoms with Gasteiger partial charge in [0.05, 0.1) is 19.3 Å². The van der Waals surface area contributed by atoms with Crippen molar-refractivity contribution in [3.05, 3.63) is 17.7 Å². The Balaban J connectivity index is 1.53. The molecule has 1 aromatic rings. The van der Waals surface area contributed by atoms with Crippen molar-refractivity contribution in [1.29, 1.82) is 0 Å². The van der Waals surface area contributed by atoms with Gasteiger partial charge in [-0.15, -0.1) is 0 Å². The topological polar surface area (TPSA) is 50.6 Å². The molecule has 0 aromatic carbocycles. The highest BCUT2D eigenvalue weighted by Crippen LogP contribution is 2.34. The smallest absolute Gasteiger partial charge is 0.274 e. The van der Waals surface area contributed by atoms with E-state index >= 15 is 0 Å². The fraction of sp³-hybridized carbons (Fsp3) is 0.750. The van der Waals surface area contributed by atoms with Gasteiger partial charge in [0.25, 0.3) is 5.91 Å². The molecule has 120 valence electrons. The maximum absolute atomic E-state index is 12.6. The van der Waals surface area contributed by atoms with Gasteiger partial charge in [0.1, 0.15) is 11.5 Å². The minimum Gasteiger partial charge on any atom is -0.378 e. The van der Waals surface area contributed by atoms with Crippen LogP contribution in [-0.2, 0) is 11.3 Å². The van der Waals surface area contributed by atoms with E-state index in [-0.39, 0.29) is 5.91 Å². The summed E-state index contributed by atoms with van der Waals surface area (Å²) in [5.41, 5.74) is 0.596. The van der Waals surface area contributed by atoms with Gasteiger partial charge in [0, 0.05) is 38.4 Å². The lowest BCUT2D eigenvalue weighted by molar-refractivity contribution is 0.0299. The molecule has 1 atom stereocenters. The minimum atomic E-state index is 0.0487. The van der Waals surface area contributed by atoms with Gasteiger partial charge < -0.3 is 14.2 Å². The third kappa shape index (κ3) is 2.34. The monoisotopic (exact) mass is 304 g/mol. The molecule has 3 aliphatic rings. The summed E-state index contributed by atoms with van der Waals surface area (Å²) in [6.45, 7) is 6.84. The summed E-state index contributed by atoms with van der Waals surface area (Å²) in [4.78, 5) is 21.7. The Kier molecular flexibility index (Phi) is 3.66. The van der Waals surface area contributed by atoms with Crippen LogP contribution in [0.4, 0.5) is 0 Å². The van der Waals surface area contributed by atoms with E-state index in [0.717, 1.165) is 25.0 Å². The number of carbonyl (C=O) groups excluding carboxylic acids is 1. The molecule has 1 saturated carbocycles. The molecule has 6 nitrogen and oxygen atoms in total. The highest BCUT2D eigenvalue weighted by atomic mass is 16.5. The van der Waals surface area contributed by atoms with E-state index in [1.165, 1.54) is 19.3 Å². The second-order valence-corrected chi connectivity index (χ2v) is 6.58.